The van der Waals surface area contributed by atoms with Crippen molar-refractivity contribution in [3.05, 3.63) is 5.82 Å². The molecule has 6 nitrogen and oxygen atoms in total. The van der Waals surface area contributed by atoms with Crippen LogP contribution in [-0.4, -0.2) is 59.3 Å². The SMILES string of the molecule is Cc1nc(N(C)C)nc(N2CC(O)(C(F)F)C2)n1. The Kier molecular flexibility index (Phi) is 3.05. The molecule has 0 radical (unpaired) electrons. The Morgan fingerprint density at radius 3 is 2.39 bits per heavy atom. The summed E-state index contributed by atoms with van der Waals surface area (Å²) in [7, 11) is 3.56. The van der Waals surface area contributed by atoms with Crippen molar-refractivity contribution in [1.82, 2.24) is 15.0 Å². The van der Waals surface area contributed by atoms with Gasteiger partial charge in [0.05, 0.1) is 13.1 Å². The number of aromatic nitrogens is 3. The van der Waals surface area contributed by atoms with Gasteiger partial charge in [0.15, 0.2) is 5.60 Å². The third kappa shape index (κ3) is 2.20. The lowest BCUT2D eigenvalue weighted by Gasteiger charge is -2.45. The Hall–Kier alpha value is -1.57. The van der Waals surface area contributed by atoms with E-state index in [0.29, 0.717) is 17.7 Å². The van der Waals surface area contributed by atoms with Crippen LogP contribution < -0.4 is 9.80 Å². The minimum Gasteiger partial charge on any atom is -0.380 e. The molecule has 0 spiro atoms. The van der Waals surface area contributed by atoms with Crippen LogP contribution >= 0.6 is 0 Å². The summed E-state index contributed by atoms with van der Waals surface area (Å²) in [5.74, 6) is 1.29. The van der Waals surface area contributed by atoms with Crippen molar-refractivity contribution in [2.45, 2.75) is 19.0 Å². The van der Waals surface area contributed by atoms with Crippen LogP contribution in [0.3, 0.4) is 0 Å². The Morgan fingerprint density at radius 2 is 1.89 bits per heavy atom. The van der Waals surface area contributed by atoms with Gasteiger partial charge in [0.2, 0.25) is 11.9 Å². The van der Waals surface area contributed by atoms with Gasteiger partial charge in [0.25, 0.3) is 6.43 Å². The van der Waals surface area contributed by atoms with Crippen molar-refractivity contribution in [3.8, 4) is 0 Å². The highest BCUT2D eigenvalue weighted by molar-refractivity contribution is 5.42. The topological polar surface area (TPSA) is 65.4 Å². The fourth-order valence-electron chi connectivity index (χ4n) is 1.69. The van der Waals surface area contributed by atoms with Crippen molar-refractivity contribution in [1.29, 1.82) is 0 Å². The molecular formula is C10H15F2N5O. The van der Waals surface area contributed by atoms with Gasteiger partial charge < -0.3 is 14.9 Å². The molecule has 0 aliphatic carbocycles. The lowest BCUT2D eigenvalue weighted by atomic mass is 9.95. The number of β-amino-alcohol motifs (C(OH)–C–C–N with tert-alkyl or cyclic N) is 1. The summed E-state index contributed by atoms with van der Waals surface area (Å²) < 4.78 is 25.0. The summed E-state index contributed by atoms with van der Waals surface area (Å²) in [4.78, 5) is 15.6. The molecule has 8 heteroatoms. The maximum atomic E-state index is 12.5. The van der Waals surface area contributed by atoms with Gasteiger partial charge in [-0.1, -0.05) is 0 Å². The van der Waals surface area contributed by atoms with Gasteiger partial charge in [-0.2, -0.15) is 15.0 Å². The van der Waals surface area contributed by atoms with E-state index in [4.69, 9.17) is 0 Å². The summed E-state index contributed by atoms with van der Waals surface area (Å²) in [5, 5.41) is 9.49. The minimum absolute atomic E-state index is 0.166. The summed E-state index contributed by atoms with van der Waals surface area (Å²) in [5.41, 5.74) is -1.95. The average molecular weight is 259 g/mol. The fraction of sp³-hybridized carbons (Fsp3) is 0.700. The van der Waals surface area contributed by atoms with Gasteiger partial charge in [0.1, 0.15) is 5.82 Å². The van der Waals surface area contributed by atoms with Crippen LogP contribution in [0.4, 0.5) is 20.7 Å². The monoisotopic (exact) mass is 259 g/mol. The molecule has 0 saturated carbocycles. The third-order valence-corrected chi connectivity index (χ3v) is 2.74. The Labute approximate surface area is 103 Å². The van der Waals surface area contributed by atoms with Crippen molar-refractivity contribution in [3.63, 3.8) is 0 Å². The lowest BCUT2D eigenvalue weighted by molar-refractivity contribution is -0.112. The summed E-state index contributed by atoms with van der Waals surface area (Å²) in [6.07, 6.45) is -2.76. The quantitative estimate of drug-likeness (QED) is 0.828. The molecule has 0 aromatic carbocycles. The van der Waals surface area contributed by atoms with E-state index in [1.807, 2.05) is 0 Å². The largest absolute Gasteiger partial charge is 0.380 e. The summed E-state index contributed by atoms with van der Waals surface area (Å²) in [6, 6.07) is 0. The van der Waals surface area contributed by atoms with E-state index in [0.717, 1.165) is 0 Å². The van der Waals surface area contributed by atoms with E-state index in [2.05, 4.69) is 15.0 Å². The zero-order chi connectivity index (χ0) is 13.5. The molecule has 1 aromatic rings. The number of halogens is 2. The second-order valence-corrected chi connectivity index (χ2v) is 4.64. The van der Waals surface area contributed by atoms with E-state index < -0.39 is 12.0 Å². The molecule has 1 aromatic heterocycles. The molecule has 100 valence electrons. The molecule has 1 saturated heterocycles. The van der Waals surface area contributed by atoms with Crippen LogP contribution in [0, 0.1) is 6.92 Å². The maximum Gasteiger partial charge on any atom is 0.270 e. The molecule has 0 unspecified atom stereocenters. The molecule has 1 aliphatic heterocycles. The first kappa shape index (κ1) is 12.9. The Balaban J connectivity index is 2.17. The summed E-state index contributed by atoms with van der Waals surface area (Å²) in [6.45, 7) is 1.37. The maximum absolute atomic E-state index is 12.5. The van der Waals surface area contributed by atoms with Crippen molar-refractivity contribution >= 4 is 11.9 Å². The number of anilines is 2. The number of alkyl halides is 2. The first-order valence-electron chi connectivity index (χ1n) is 5.47. The molecule has 0 amide bonds. The molecule has 2 heterocycles. The highest BCUT2D eigenvalue weighted by atomic mass is 19.3. The second kappa shape index (κ2) is 4.27. The molecular weight excluding hydrogens is 244 g/mol. The molecule has 0 atom stereocenters. The molecule has 1 fully saturated rings. The van der Waals surface area contributed by atoms with Crippen LogP contribution in [0.1, 0.15) is 5.82 Å². The first-order valence-corrected chi connectivity index (χ1v) is 5.47. The van der Waals surface area contributed by atoms with E-state index in [9.17, 15) is 13.9 Å². The normalized spacial score (nSPS) is 17.8. The standard InChI is InChI=1S/C10H15F2N5O/c1-6-13-8(16(2)3)15-9(14-6)17-4-10(18,5-17)7(11)12/h7,18H,4-5H2,1-3H3. The predicted octanol–water partition coefficient (Wildman–Crippen LogP) is 0.0622. The van der Waals surface area contributed by atoms with Crippen LogP contribution in [0.2, 0.25) is 0 Å². The van der Waals surface area contributed by atoms with Gasteiger partial charge in [-0.25, -0.2) is 8.78 Å². The van der Waals surface area contributed by atoms with Crippen LogP contribution in [0.5, 0.6) is 0 Å². The predicted molar refractivity (Wildman–Crippen MR) is 62.1 cm³/mol. The average Bonchev–Trinajstić information content (AvgIpc) is 2.23. The van der Waals surface area contributed by atoms with Crippen molar-refractivity contribution in [2.24, 2.45) is 0 Å². The van der Waals surface area contributed by atoms with Gasteiger partial charge >= 0.3 is 0 Å². The molecule has 1 N–H and O–H groups in total. The Morgan fingerprint density at radius 1 is 1.28 bits per heavy atom. The van der Waals surface area contributed by atoms with Crippen molar-refractivity contribution in [2.75, 3.05) is 37.0 Å². The van der Waals surface area contributed by atoms with Gasteiger partial charge in [-0.3, -0.25) is 0 Å². The number of rotatable bonds is 3. The molecule has 2 rings (SSSR count). The zero-order valence-corrected chi connectivity index (χ0v) is 10.4. The third-order valence-electron chi connectivity index (χ3n) is 2.74. The lowest BCUT2D eigenvalue weighted by Crippen LogP contribution is -2.66. The van der Waals surface area contributed by atoms with E-state index in [1.165, 1.54) is 4.90 Å². The molecule has 0 bridgehead atoms. The second-order valence-electron chi connectivity index (χ2n) is 4.64. The van der Waals surface area contributed by atoms with Crippen LogP contribution in [0.25, 0.3) is 0 Å². The number of hydrogen-bond donors (Lipinski definition) is 1. The minimum atomic E-state index is -2.76. The number of aryl methyl sites for hydroxylation is 1. The number of aliphatic hydroxyl groups is 1. The number of hydrogen-bond acceptors (Lipinski definition) is 6. The fourth-order valence-corrected chi connectivity index (χ4v) is 1.69. The first-order chi connectivity index (χ1) is 8.32. The zero-order valence-electron chi connectivity index (χ0n) is 10.4. The van der Waals surface area contributed by atoms with Crippen molar-refractivity contribution < 1.29 is 13.9 Å². The van der Waals surface area contributed by atoms with Gasteiger partial charge in [0, 0.05) is 14.1 Å². The highest BCUT2D eigenvalue weighted by Crippen LogP contribution is 2.30. The molecule has 1 aliphatic rings. The van der Waals surface area contributed by atoms with E-state index in [1.54, 1.807) is 25.9 Å². The van der Waals surface area contributed by atoms with Gasteiger partial charge in [-0.15, -0.1) is 0 Å². The Bertz CT molecular complexity index is 448. The van der Waals surface area contributed by atoms with E-state index >= 15 is 0 Å². The molecule has 18 heavy (non-hydrogen) atoms. The van der Waals surface area contributed by atoms with Gasteiger partial charge in [-0.05, 0) is 6.92 Å². The highest BCUT2D eigenvalue weighted by Gasteiger charge is 2.50. The van der Waals surface area contributed by atoms with E-state index in [-0.39, 0.29) is 13.1 Å². The summed E-state index contributed by atoms with van der Waals surface area (Å²) >= 11 is 0. The van der Waals surface area contributed by atoms with Crippen LogP contribution in [-0.2, 0) is 0 Å². The smallest absolute Gasteiger partial charge is 0.270 e. The number of nitrogens with zero attached hydrogens (tertiary/aromatic N) is 5. The van der Waals surface area contributed by atoms with Crippen LogP contribution in [0.15, 0.2) is 0 Å².